The Labute approximate surface area is 77.5 Å². The average Bonchev–Trinajstić information content (AvgIpc) is 2.43. The minimum absolute atomic E-state index is 0.237. The summed E-state index contributed by atoms with van der Waals surface area (Å²) in [4.78, 5) is 11.5. The van der Waals surface area contributed by atoms with Gasteiger partial charge in [0.25, 0.3) is 0 Å². The van der Waals surface area contributed by atoms with E-state index < -0.39 is 0 Å². The zero-order chi connectivity index (χ0) is 9.42. The molecule has 0 amide bonds. The van der Waals surface area contributed by atoms with Gasteiger partial charge in [-0.15, -0.1) is 0 Å². The first-order valence-electron chi connectivity index (χ1n) is 4.44. The molecule has 0 bridgehead atoms. The van der Waals surface area contributed by atoms with E-state index >= 15 is 0 Å². The molecule has 0 heterocycles. The summed E-state index contributed by atoms with van der Waals surface area (Å²) in [6.07, 6.45) is 0.621. The third-order valence-electron chi connectivity index (χ3n) is 2.57. The number of fused-ring (bicyclic) bond motifs is 1. The molecule has 1 aliphatic rings. The molecule has 13 heavy (non-hydrogen) atoms. The molecule has 2 heteroatoms. The van der Waals surface area contributed by atoms with Crippen molar-refractivity contribution in [3.8, 4) is 5.75 Å². The predicted octanol–water partition coefficient (Wildman–Crippen LogP) is 2.39. The lowest BCUT2D eigenvalue weighted by Gasteiger charge is -2.08. The minimum Gasteiger partial charge on any atom is -0.496 e. The van der Waals surface area contributed by atoms with Gasteiger partial charge in [0, 0.05) is 17.5 Å². The van der Waals surface area contributed by atoms with E-state index in [9.17, 15) is 4.79 Å². The predicted molar refractivity (Wildman–Crippen MR) is 50.4 cm³/mol. The van der Waals surface area contributed by atoms with Crippen LogP contribution in [0.15, 0.2) is 18.2 Å². The Morgan fingerprint density at radius 3 is 2.92 bits per heavy atom. The molecule has 0 spiro atoms. The third-order valence-corrected chi connectivity index (χ3v) is 2.57. The molecule has 0 aliphatic heterocycles. The number of hydrogen-bond acceptors (Lipinski definition) is 2. The van der Waals surface area contributed by atoms with Crippen LogP contribution in [0.4, 0.5) is 0 Å². The largest absolute Gasteiger partial charge is 0.496 e. The van der Waals surface area contributed by atoms with Crippen molar-refractivity contribution in [3.05, 3.63) is 29.3 Å². The van der Waals surface area contributed by atoms with Crippen LogP contribution in [0.5, 0.6) is 5.75 Å². The lowest BCUT2D eigenvalue weighted by Crippen LogP contribution is -1.93. The Balaban J connectivity index is 2.62. The standard InChI is InChI=1S/C11H12O2/c1-7-6-9(12)8-4-3-5-10(13-2)11(7)8/h3-5,7H,6H2,1-2H3. The van der Waals surface area contributed by atoms with Crippen LogP contribution in [0.1, 0.15) is 35.2 Å². The molecule has 2 rings (SSSR count). The molecule has 1 unspecified atom stereocenters. The molecule has 2 nitrogen and oxygen atoms in total. The highest BCUT2D eigenvalue weighted by Gasteiger charge is 2.28. The van der Waals surface area contributed by atoms with Crippen molar-refractivity contribution in [1.82, 2.24) is 0 Å². The highest BCUT2D eigenvalue weighted by molar-refractivity contribution is 6.02. The molecule has 0 N–H and O–H groups in total. The van der Waals surface area contributed by atoms with E-state index in [2.05, 4.69) is 6.92 Å². The van der Waals surface area contributed by atoms with Crippen LogP contribution in [-0.4, -0.2) is 12.9 Å². The summed E-state index contributed by atoms with van der Waals surface area (Å²) in [5, 5.41) is 0. The molecule has 68 valence electrons. The lowest BCUT2D eigenvalue weighted by atomic mass is 10.0. The molecule has 1 aliphatic carbocycles. The van der Waals surface area contributed by atoms with Crippen molar-refractivity contribution in [2.45, 2.75) is 19.3 Å². The van der Waals surface area contributed by atoms with Gasteiger partial charge in [-0.1, -0.05) is 19.1 Å². The molecule has 0 saturated carbocycles. The third kappa shape index (κ3) is 1.13. The van der Waals surface area contributed by atoms with E-state index in [4.69, 9.17) is 4.74 Å². The van der Waals surface area contributed by atoms with Gasteiger partial charge in [-0.05, 0) is 12.0 Å². The van der Waals surface area contributed by atoms with E-state index in [0.29, 0.717) is 12.3 Å². The van der Waals surface area contributed by atoms with E-state index in [1.165, 1.54) is 0 Å². The normalized spacial score (nSPS) is 20.2. The second kappa shape index (κ2) is 2.87. The summed E-state index contributed by atoms with van der Waals surface area (Å²) >= 11 is 0. The van der Waals surface area contributed by atoms with Crippen LogP contribution >= 0.6 is 0 Å². The molecular formula is C11H12O2. The Hall–Kier alpha value is -1.31. The van der Waals surface area contributed by atoms with Gasteiger partial charge in [-0.25, -0.2) is 0 Å². The smallest absolute Gasteiger partial charge is 0.163 e. The number of benzene rings is 1. The Bertz CT molecular complexity index is 355. The second-order valence-corrected chi connectivity index (χ2v) is 3.45. The maximum absolute atomic E-state index is 11.5. The molecule has 1 aromatic carbocycles. The number of carbonyl (C=O) groups is 1. The van der Waals surface area contributed by atoms with Crippen molar-refractivity contribution in [3.63, 3.8) is 0 Å². The van der Waals surface area contributed by atoms with Gasteiger partial charge < -0.3 is 4.74 Å². The summed E-state index contributed by atoms with van der Waals surface area (Å²) in [7, 11) is 1.64. The Morgan fingerprint density at radius 2 is 2.23 bits per heavy atom. The van der Waals surface area contributed by atoms with Crippen molar-refractivity contribution >= 4 is 5.78 Å². The van der Waals surface area contributed by atoms with Gasteiger partial charge in [0.2, 0.25) is 0 Å². The monoisotopic (exact) mass is 176 g/mol. The topological polar surface area (TPSA) is 26.3 Å². The van der Waals surface area contributed by atoms with Crippen molar-refractivity contribution in [2.75, 3.05) is 7.11 Å². The molecule has 0 saturated heterocycles. The lowest BCUT2D eigenvalue weighted by molar-refractivity contribution is 0.0990. The van der Waals surface area contributed by atoms with E-state index in [1.54, 1.807) is 7.11 Å². The molecule has 0 radical (unpaired) electrons. The fraction of sp³-hybridized carbons (Fsp3) is 0.364. The van der Waals surface area contributed by atoms with E-state index in [0.717, 1.165) is 16.9 Å². The van der Waals surface area contributed by atoms with Gasteiger partial charge in [0.1, 0.15) is 5.75 Å². The summed E-state index contributed by atoms with van der Waals surface area (Å²) in [5.74, 6) is 1.39. The quantitative estimate of drug-likeness (QED) is 0.656. The first kappa shape index (κ1) is 8.30. The summed E-state index contributed by atoms with van der Waals surface area (Å²) < 4.78 is 5.22. The van der Waals surface area contributed by atoms with Crippen LogP contribution in [0.2, 0.25) is 0 Å². The van der Waals surface area contributed by atoms with Crippen LogP contribution in [0, 0.1) is 0 Å². The Kier molecular flexibility index (Phi) is 1.83. The number of ether oxygens (including phenoxy) is 1. The second-order valence-electron chi connectivity index (χ2n) is 3.45. The fourth-order valence-corrected chi connectivity index (χ4v) is 1.96. The molecule has 1 aromatic rings. The Morgan fingerprint density at radius 1 is 1.46 bits per heavy atom. The molecule has 1 atom stereocenters. The molecular weight excluding hydrogens is 164 g/mol. The maximum Gasteiger partial charge on any atom is 0.163 e. The summed E-state index contributed by atoms with van der Waals surface area (Å²) in [6, 6.07) is 5.66. The first-order valence-corrected chi connectivity index (χ1v) is 4.44. The van der Waals surface area contributed by atoms with Crippen molar-refractivity contribution in [1.29, 1.82) is 0 Å². The molecule has 0 aromatic heterocycles. The SMILES string of the molecule is COc1cccc2c1C(C)CC2=O. The fourth-order valence-electron chi connectivity index (χ4n) is 1.96. The highest BCUT2D eigenvalue weighted by atomic mass is 16.5. The number of ketones is 1. The van der Waals surface area contributed by atoms with Crippen molar-refractivity contribution in [2.24, 2.45) is 0 Å². The van der Waals surface area contributed by atoms with Crippen LogP contribution in [0.3, 0.4) is 0 Å². The number of rotatable bonds is 1. The van der Waals surface area contributed by atoms with E-state index in [-0.39, 0.29) is 5.78 Å². The van der Waals surface area contributed by atoms with E-state index in [1.807, 2.05) is 18.2 Å². The first-order chi connectivity index (χ1) is 6.24. The van der Waals surface area contributed by atoms with Crippen LogP contribution in [0.25, 0.3) is 0 Å². The highest BCUT2D eigenvalue weighted by Crippen LogP contribution is 2.38. The van der Waals surface area contributed by atoms with Gasteiger partial charge >= 0.3 is 0 Å². The van der Waals surface area contributed by atoms with Crippen LogP contribution < -0.4 is 4.74 Å². The average molecular weight is 176 g/mol. The van der Waals surface area contributed by atoms with Gasteiger partial charge in [-0.2, -0.15) is 0 Å². The van der Waals surface area contributed by atoms with Crippen molar-refractivity contribution < 1.29 is 9.53 Å². The number of carbonyl (C=O) groups excluding carboxylic acids is 1. The summed E-state index contributed by atoms with van der Waals surface area (Å²) in [5.41, 5.74) is 1.92. The number of hydrogen-bond donors (Lipinski definition) is 0. The minimum atomic E-state index is 0.237. The maximum atomic E-state index is 11.5. The van der Waals surface area contributed by atoms with Gasteiger partial charge in [0.05, 0.1) is 7.11 Å². The van der Waals surface area contributed by atoms with Crippen LogP contribution in [-0.2, 0) is 0 Å². The zero-order valence-corrected chi connectivity index (χ0v) is 7.83. The number of methoxy groups -OCH3 is 1. The van der Waals surface area contributed by atoms with Gasteiger partial charge in [-0.3, -0.25) is 4.79 Å². The number of Topliss-reactive ketones (excluding diaryl/α,β-unsaturated/α-hetero) is 1. The van der Waals surface area contributed by atoms with Gasteiger partial charge in [0.15, 0.2) is 5.78 Å². The summed E-state index contributed by atoms with van der Waals surface area (Å²) in [6.45, 7) is 2.06. The zero-order valence-electron chi connectivity index (χ0n) is 7.83. The molecule has 0 fully saturated rings.